The number of allylic oxidation sites excluding steroid dienone is 1. The summed E-state index contributed by atoms with van der Waals surface area (Å²) in [7, 11) is 1.80. The Balaban J connectivity index is 1.07. The summed E-state index contributed by atoms with van der Waals surface area (Å²) in [4.78, 5) is 15.6. The third-order valence-corrected chi connectivity index (χ3v) is 10.1. The van der Waals surface area contributed by atoms with Gasteiger partial charge in [0.2, 0.25) is 0 Å². The quantitative estimate of drug-likeness (QED) is 0.221. The lowest BCUT2D eigenvalue weighted by atomic mass is 9.58. The van der Waals surface area contributed by atoms with Gasteiger partial charge in [-0.05, 0) is 74.5 Å². The predicted octanol–water partition coefficient (Wildman–Crippen LogP) is 8.43. The van der Waals surface area contributed by atoms with Crippen molar-refractivity contribution in [3.63, 3.8) is 0 Å². The van der Waals surface area contributed by atoms with Crippen LogP contribution >= 0.6 is 23.2 Å². The molecule has 8 rings (SSSR count). The number of fused-ring (bicyclic) bond motifs is 4. The first-order chi connectivity index (χ1) is 19.8. The van der Waals surface area contributed by atoms with Gasteiger partial charge in [-0.15, -0.1) is 0 Å². The van der Waals surface area contributed by atoms with Gasteiger partial charge in [0.15, 0.2) is 0 Å². The number of aromatic nitrogens is 3. The number of carboxylic acids is 1. The lowest BCUT2D eigenvalue weighted by Crippen LogP contribution is -2.46. The van der Waals surface area contributed by atoms with Crippen LogP contribution in [0.4, 0.5) is 0 Å². The molecule has 0 unspecified atom stereocenters. The molecule has 41 heavy (non-hydrogen) atoms. The lowest BCUT2D eigenvalue weighted by molar-refractivity contribution is -0.133. The highest BCUT2D eigenvalue weighted by atomic mass is 35.5. The number of carbonyl (C=O) groups is 1. The topological polar surface area (TPSA) is 90.4 Å². The Morgan fingerprint density at radius 1 is 1.12 bits per heavy atom. The molecule has 4 aromatic rings. The van der Waals surface area contributed by atoms with Crippen molar-refractivity contribution in [3.05, 3.63) is 75.4 Å². The Hall–Kier alpha value is -3.13. The van der Waals surface area contributed by atoms with Crippen LogP contribution in [-0.2, 0) is 18.4 Å². The molecular formula is C32H31Cl2N3O4. The summed E-state index contributed by atoms with van der Waals surface area (Å²) in [6.45, 7) is 0.428. The molecule has 0 radical (unpaired) electrons. The van der Waals surface area contributed by atoms with Crippen molar-refractivity contribution in [2.24, 2.45) is 12.5 Å². The fraction of sp³-hybridized carbons (Fsp3) is 0.406. The molecule has 0 spiro atoms. The molecule has 4 fully saturated rings. The molecular weight excluding hydrogens is 561 g/mol. The molecule has 1 aromatic carbocycles. The van der Waals surface area contributed by atoms with E-state index >= 15 is 0 Å². The van der Waals surface area contributed by atoms with Gasteiger partial charge in [-0.2, -0.15) is 0 Å². The van der Waals surface area contributed by atoms with Crippen molar-refractivity contribution in [1.82, 2.24) is 14.7 Å². The third-order valence-electron chi connectivity index (χ3n) is 9.53. The second kappa shape index (κ2) is 10.0. The van der Waals surface area contributed by atoms with Crippen molar-refractivity contribution in [3.8, 4) is 11.3 Å². The Kier molecular flexibility index (Phi) is 6.53. The highest BCUT2D eigenvalue weighted by molar-refractivity contribution is 6.38. The Labute approximate surface area is 248 Å². The number of hydrogen-bond donors (Lipinski definition) is 1. The van der Waals surface area contributed by atoms with Crippen LogP contribution in [0.5, 0.6) is 0 Å². The highest BCUT2D eigenvalue weighted by Gasteiger charge is 2.48. The number of benzene rings is 1. The summed E-state index contributed by atoms with van der Waals surface area (Å²) in [6.07, 6.45) is 16.2. The SMILES string of the molecule is Cn1c(C(=O)O)cc2ccc(C=CC34CCC(OCc5c(-c6c(Cl)cncc6Cl)noc5C5CC5)(CC3)CC4)cc21. The summed E-state index contributed by atoms with van der Waals surface area (Å²) >= 11 is 13.0. The number of hydrogen-bond acceptors (Lipinski definition) is 5. The van der Waals surface area contributed by atoms with Gasteiger partial charge in [-0.25, -0.2) is 4.79 Å². The molecule has 0 atom stereocenters. The maximum absolute atomic E-state index is 11.5. The zero-order valence-electron chi connectivity index (χ0n) is 22.8. The van der Waals surface area contributed by atoms with Gasteiger partial charge in [0.25, 0.3) is 0 Å². The molecule has 4 aliphatic rings. The molecule has 4 saturated carbocycles. The van der Waals surface area contributed by atoms with Gasteiger partial charge in [0, 0.05) is 47.4 Å². The van der Waals surface area contributed by atoms with E-state index in [1.54, 1.807) is 30.1 Å². The molecule has 0 amide bonds. The fourth-order valence-electron chi connectivity index (χ4n) is 6.76. The van der Waals surface area contributed by atoms with Crippen LogP contribution in [0.25, 0.3) is 28.2 Å². The van der Waals surface area contributed by atoms with E-state index in [9.17, 15) is 9.90 Å². The monoisotopic (exact) mass is 591 g/mol. The minimum absolute atomic E-state index is 0.147. The number of rotatable bonds is 8. The summed E-state index contributed by atoms with van der Waals surface area (Å²) in [5.74, 6) is 0.367. The highest BCUT2D eigenvalue weighted by Crippen LogP contribution is 2.55. The van der Waals surface area contributed by atoms with Crippen LogP contribution in [0, 0.1) is 5.41 Å². The largest absolute Gasteiger partial charge is 0.477 e. The van der Waals surface area contributed by atoms with E-state index in [-0.39, 0.29) is 11.0 Å². The Bertz CT molecular complexity index is 1660. The molecule has 0 aliphatic heterocycles. The first-order valence-electron chi connectivity index (χ1n) is 14.2. The maximum atomic E-state index is 11.5. The molecule has 9 heteroatoms. The number of halogens is 2. The van der Waals surface area contributed by atoms with Crippen molar-refractivity contribution < 1.29 is 19.2 Å². The van der Waals surface area contributed by atoms with E-state index in [0.29, 0.717) is 39.5 Å². The van der Waals surface area contributed by atoms with E-state index in [4.69, 9.17) is 32.5 Å². The van der Waals surface area contributed by atoms with E-state index in [0.717, 1.165) is 79.2 Å². The molecule has 1 N–H and O–H groups in total. The van der Waals surface area contributed by atoms with Crippen molar-refractivity contribution in [1.29, 1.82) is 0 Å². The fourth-order valence-corrected chi connectivity index (χ4v) is 7.31. The lowest BCUT2D eigenvalue weighted by Gasteiger charge is -2.52. The van der Waals surface area contributed by atoms with Crippen LogP contribution in [0.1, 0.15) is 84.7 Å². The average molecular weight is 593 g/mol. The molecule has 0 saturated heterocycles. The molecule has 4 aliphatic carbocycles. The van der Waals surface area contributed by atoms with Crippen LogP contribution < -0.4 is 0 Å². The summed E-state index contributed by atoms with van der Waals surface area (Å²) in [5, 5.41) is 15.7. The number of pyridine rings is 1. The van der Waals surface area contributed by atoms with Crippen LogP contribution in [0.15, 0.2) is 47.3 Å². The normalized spacial score (nSPS) is 24.1. The van der Waals surface area contributed by atoms with Gasteiger partial charge in [0.1, 0.15) is 17.1 Å². The van der Waals surface area contributed by atoms with E-state index in [2.05, 4.69) is 34.4 Å². The average Bonchev–Trinajstić information content (AvgIpc) is 3.65. The number of aromatic carboxylic acids is 1. The second-order valence-electron chi connectivity index (χ2n) is 12.0. The molecule has 2 bridgehead atoms. The zero-order valence-corrected chi connectivity index (χ0v) is 24.3. The van der Waals surface area contributed by atoms with Gasteiger partial charge in [-0.3, -0.25) is 4.98 Å². The van der Waals surface area contributed by atoms with Crippen LogP contribution in [-0.4, -0.2) is 31.4 Å². The maximum Gasteiger partial charge on any atom is 0.352 e. The molecule has 3 heterocycles. The van der Waals surface area contributed by atoms with Gasteiger partial charge in [0.05, 0.1) is 22.3 Å². The summed E-state index contributed by atoms with van der Waals surface area (Å²) in [5.41, 5.74) is 4.60. The van der Waals surface area contributed by atoms with Crippen molar-refractivity contribution >= 4 is 46.2 Å². The van der Waals surface area contributed by atoms with Crippen molar-refractivity contribution in [2.45, 2.75) is 69.5 Å². The Morgan fingerprint density at radius 3 is 2.49 bits per heavy atom. The van der Waals surface area contributed by atoms with E-state index in [1.807, 2.05) is 6.07 Å². The van der Waals surface area contributed by atoms with Gasteiger partial charge >= 0.3 is 5.97 Å². The molecule has 7 nitrogen and oxygen atoms in total. The van der Waals surface area contributed by atoms with Gasteiger partial charge < -0.3 is 18.9 Å². The predicted molar refractivity (Wildman–Crippen MR) is 158 cm³/mol. The number of nitrogens with zero attached hydrogens (tertiary/aromatic N) is 3. The second-order valence-corrected chi connectivity index (χ2v) is 12.8. The first kappa shape index (κ1) is 26.7. The standard InChI is InChI=1S/C32H31Cl2N3O4/c1-37-25-14-19(2-3-21(25)15-26(37)30(38)39)6-7-31-8-11-32(12-9-31,13-10-31)40-18-22-28(36-41-29(22)20-4-5-20)27-23(33)16-35-17-24(27)34/h2-3,6-7,14-17,20H,4-5,8-13,18H2,1H3,(H,38,39). The zero-order chi connectivity index (χ0) is 28.4. The van der Waals surface area contributed by atoms with E-state index in [1.165, 1.54) is 0 Å². The minimum atomic E-state index is -0.913. The Morgan fingerprint density at radius 2 is 1.83 bits per heavy atom. The van der Waals surface area contributed by atoms with E-state index < -0.39 is 5.97 Å². The first-order valence-corrected chi connectivity index (χ1v) is 15.0. The van der Waals surface area contributed by atoms with Crippen molar-refractivity contribution in [2.75, 3.05) is 0 Å². The molecule has 212 valence electrons. The summed E-state index contributed by atoms with van der Waals surface area (Å²) in [6, 6.07) is 7.86. The number of aryl methyl sites for hydroxylation is 1. The number of carboxylic acid groups (broad SMARTS) is 1. The third kappa shape index (κ3) is 4.78. The number of ether oxygens (including phenoxy) is 1. The van der Waals surface area contributed by atoms with Crippen LogP contribution in [0.2, 0.25) is 10.0 Å². The van der Waals surface area contributed by atoms with Crippen LogP contribution in [0.3, 0.4) is 0 Å². The summed E-state index contributed by atoms with van der Waals surface area (Å²) < 4.78 is 14.3. The minimum Gasteiger partial charge on any atom is -0.477 e. The molecule has 3 aromatic heterocycles. The van der Waals surface area contributed by atoms with Gasteiger partial charge in [-0.1, -0.05) is 52.6 Å². The smallest absolute Gasteiger partial charge is 0.352 e.